The van der Waals surface area contributed by atoms with Gasteiger partial charge in [0.1, 0.15) is 11.2 Å². The highest BCUT2D eigenvalue weighted by molar-refractivity contribution is 6.08. The number of hydrogen-bond donors (Lipinski definition) is 0. The van der Waals surface area contributed by atoms with Gasteiger partial charge in [-0.05, 0) is 136 Å². The predicted octanol–water partition coefficient (Wildman–Crippen LogP) is 17.2. The Balaban J connectivity index is 0.882. The van der Waals surface area contributed by atoms with E-state index < -0.39 is 0 Å². The fourth-order valence-electron chi connectivity index (χ4n) is 8.66. The summed E-state index contributed by atoms with van der Waals surface area (Å²) in [6.07, 6.45) is 0. The van der Waals surface area contributed by atoms with Crippen molar-refractivity contribution in [1.29, 1.82) is 0 Å². The lowest BCUT2D eigenvalue weighted by molar-refractivity contribution is 0.669. The Hall–Kier alpha value is -8.40. The Morgan fingerprint density at radius 2 is 0.476 bits per heavy atom. The smallest absolute Gasteiger partial charge is 0.135 e. The highest BCUT2D eigenvalue weighted by Crippen LogP contribution is 2.41. The SMILES string of the molecule is c1ccc(-c2ccc(-c3ccc(N(c4ccccc4)c4ccc(-c5ccc(N(c6ccccc6)c6ccc7oc8ccc(-c9ccccc9)cc8c7c6)cc5)cc4)cc3)cc2)cc1. The van der Waals surface area contributed by atoms with E-state index in [0.29, 0.717) is 0 Å². The lowest BCUT2D eigenvalue weighted by atomic mass is 10.00. The van der Waals surface area contributed by atoms with Crippen LogP contribution in [-0.2, 0) is 0 Å². The maximum absolute atomic E-state index is 6.34. The van der Waals surface area contributed by atoms with Crippen molar-refractivity contribution < 1.29 is 4.42 Å². The standard InChI is InChI=1S/C60H42N2O/c1-5-13-43(14-6-1)45-21-23-46(24-22-45)47-25-32-53(33-26-47)61(51-17-9-3-10-18-51)54-34-27-48(28-35-54)49-29-36-55(37-30-49)62(52-19-11-4-12-20-52)56-38-40-60-58(42-56)57-41-50(31-39-59(57)63-60)44-15-7-2-8-16-44/h1-42H. The maximum Gasteiger partial charge on any atom is 0.135 e. The summed E-state index contributed by atoms with van der Waals surface area (Å²) in [4.78, 5) is 4.63. The van der Waals surface area contributed by atoms with Gasteiger partial charge in [-0.2, -0.15) is 0 Å². The molecule has 0 aliphatic carbocycles. The number of rotatable bonds is 10. The van der Waals surface area contributed by atoms with Crippen LogP contribution in [0.15, 0.2) is 259 Å². The topological polar surface area (TPSA) is 19.6 Å². The molecule has 0 spiro atoms. The molecule has 1 aromatic heterocycles. The largest absolute Gasteiger partial charge is 0.456 e. The van der Waals surface area contributed by atoms with Crippen LogP contribution in [0, 0.1) is 0 Å². The summed E-state index contributed by atoms with van der Waals surface area (Å²) < 4.78 is 6.34. The molecule has 0 radical (unpaired) electrons. The molecular weight excluding hydrogens is 765 g/mol. The molecule has 0 aliphatic heterocycles. The van der Waals surface area contributed by atoms with Crippen molar-refractivity contribution in [2.75, 3.05) is 9.80 Å². The zero-order valence-electron chi connectivity index (χ0n) is 34.6. The minimum atomic E-state index is 0.874. The van der Waals surface area contributed by atoms with Crippen LogP contribution in [0.25, 0.3) is 66.4 Å². The highest BCUT2D eigenvalue weighted by Gasteiger charge is 2.17. The fraction of sp³-hybridized carbons (Fsp3) is 0. The molecule has 0 atom stereocenters. The lowest BCUT2D eigenvalue weighted by Crippen LogP contribution is -2.10. The van der Waals surface area contributed by atoms with E-state index in [1.807, 2.05) is 0 Å². The van der Waals surface area contributed by atoms with E-state index in [1.165, 1.54) is 33.4 Å². The number of nitrogens with zero attached hydrogens (tertiary/aromatic N) is 2. The predicted molar refractivity (Wildman–Crippen MR) is 265 cm³/mol. The van der Waals surface area contributed by atoms with Crippen LogP contribution < -0.4 is 9.80 Å². The first-order chi connectivity index (χ1) is 31.2. The Morgan fingerprint density at radius 3 is 0.905 bits per heavy atom. The van der Waals surface area contributed by atoms with E-state index in [4.69, 9.17) is 4.42 Å². The van der Waals surface area contributed by atoms with Gasteiger partial charge in [-0.25, -0.2) is 0 Å². The first-order valence-electron chi connectivity index (χ1n) is 21.4. The number of furan rings is 1. The lowest BCUT2D eigenvalue weighted by Gasteiger charge is -2.26. The number of para-hydroxylation sites is 2. The molecule has 3 heteroatoms. The Kier molecular flexibility index (Phi) is 9.89. The molecule has 0 aliphatic rings. The molecule has 0 saturated carbocycles. The second-order valence-corrected chi connectivity index (χ2v) is 15.8. The van der Waals surface area contributed by atoms with Crippen LogP contribution in [0.5, 0.6) is 0 Å². The highest BCUT2D eigenvalue weighted by atomic mass is 16.3. The third-order valence-corrected chi connectivity index (χ3v) is 11.9. The van der Waals surface area contributed by atoms with Gasteiger partial charge in [0.15, 0.2) is 0 Å². The van der Waals surface area contributed by atoms with Crippen molar-refractivity contribution in [2.45, 2.75) is 0 Å². The molecule has 63 heavy (non-hydrogen) atoms. The maximum atomic E-state index is 6.34. The second-order valence-electron chi connectivity index (χ2n) is 15.8. The quantitative estimate of drug-likeness (QED) is 0.137. The number of anilines is 6. The Bertz CT molecular complexity index is 3270. The van der Waals surface area contributed by atoms with E-state index in [-0.39, 0.29) is 0 Å². The molecule has 11 rings (SSSR count). The Labute approximate surface area is 368 Å². The Morgan fingerprint density at radius 1 is 0.206 bits per heavy atom. The number of hydrogen-bond acceptors (Lipinski definition) is 3. The van der Waals surface area contributed by atoms with Gasteiger partial charge in [-0.3, -0.25) is 0 Å². The van der Waals surface area contributed by atoms with E-state index in [9.17, 15) is 0 Å². The van der Waals surface area contributed by atoms with Crippen molar-refractivity contribution in [2.24, 2.45) is 0 Å². The summed E-state index contributed by atoms with van der Waals surface area (Å²) in [5.74, 6) is 0. The van der Waals surface area contributed by atoms with Crippen LogP contribution in [0.4, 0.5) is 34.1 Å². The van der Waals surface area contributed by atoms with Crippen LogP contribution in [0.1, 0.15) is 0 Å². The molecule has 0 bridgehead atoms. The van der Waals surface area contributed by atoms with E-state index in [1.54, 1.807) is 0 Å². The summed E-state index contributed by atoms with van der Waals surface area (Å²) in [5, 5.41) is 2.19. The van der Waals surface area contributed by atoms with Gasteiger partial charge in [0.25, 0.3) is 0 Å². The van der Waals surface area contributed by atoms with Crippen LogP contribution >= 0.6 is 0 Å². The fourth-order valence-corrected chi connectivity index (χ4v) is 8.66. The second kappa shape index (κ2) is 16.6. The van der Waals surface area contributed by atoms with E-state index in [2.05, 4.69) is 265 Å². The van der Waals surface area contributed by atoms with Crippen LogP contribution in [0.2, 0.25) is 0 Å². The molecule has 298 valence electrons. The number of fused-ring (bicyclic) bond motifs is 3. The summed E-state index contributed by atoms with van der Waals surface area (Å²) in [6.45, 7) is 0. The molecule has 10 aromatic carbocycles. The molecule has 0 fully saturated rings. The first-order valence-corrected chi connectivity index (χ1v) is 21.4. The minimum absolute atomic E-state index is 0.874. The van der Waals surface area contributed by atoms with Crippen molar-refractivity contribution in [3.05, 3.63) is 255 Å². The summed E-state index contributed by atoms with van der Waals surface area (Å²) >= 11 is 0. The minimum Gasteiger partial charge on any atom is -0.456 e. The molecule has 0 N–H and O–H groups in total. The van der Waals surface area contributed by atoms with E-state index in [0.717, 1.165) is 67.2 Å². The van der Waals surface area contributed by atoms with Gasteiger partial charge in [0.2, 0.25) is 0 Å². The van der Waals surface area contributed by atoms with Gasteiger partial charge < -0.3 is 14.2 Å². The monoisotopic (exact) mass is 806 g/mol. The molecule has 11 aromatic rings. The summed E-state index contributed by atoms with van der Waals surface area (Å²) in [6, 6.07) is 90.6. The number of benzene rings is 10. The van der Waals surface area contributed by atoms with Crippen molar-refractivity contribution in [3.63, 3.8) is 0 Å². The molecule has 0 amide bonds. The van der Waals surface area contributed by atoms with Crippen molar-refractivity contribution in [1.82, 2.24) is 0 Å². The molecule has 3 nitrogen and oxygen atoms in total. The molecule has 0 unspecified atom stereocenters. The molecule has 0 saturated heterocycles. The first kappa shape index (κ1) is 37.6. The normalized spacial score (nSPS) is 11.2. The third-order valence-electron chi connectivity index (χ3n) is 11.9. The van der Waals surface area contributed by atoms with Gasteiger partial charge >= 0.3 is 0 Å². The molecule has 1 heterocycles. The van der Waals surface area contributed by atoms with Crippen LogP contribution in [0.3, 0.4) is 0 Å². The van der Waals surface area contributed by atoms with Gasteiger partial charge in [-0.1, -0.05) is 164 Å². The summed E-state index contributed by atoms with van der Waals surface area (Å²) in [7, 11) is 0. The molecular formula is C60H42N2O. The zero-order chi connectivity index (χ0) is 42.0. The third kappa shape index (κ3) is 7.54. The zero-order valence-corrected chi connectivity index (χ0v) is 34.6. The van der Waals surface area contributed by atoms with Gasteiger partial charge in [-0.15, -0.1) is 0 Å². The average molecular weight is 807 g/mol. The van der Waals surface area contributed by atoms with Crippen molar-refractivity contribution >= 4 is 56.1 Å². The van der Waals surface area contributed by atoms with Gasteiger partial charge in [0, 0.05) is 44.9 Å². The average Bonchev–Trinajstić information content (AvgIpc) is 3.73. The van der Waals surface area contributed by atoms with Gasteiger partial charge in [0.05, 0.1) is 0 Å². The van der Waals surface area contributed by atoms with E-state index >= 15 is 0 Å². The van der Waals surface area contributed by atoms with Crippen molar-refractivity contribution in [3.8, 4) is 44.5 Å². The summed E-state index contributed by atoms with van der Waals surface area (Å²) in [5.41, 5.74) is 17.8. The van der Waals surface area contributed by atoms with Crippen LogP contribution in [-0.4, -0.2) is 0 Å².